The molecule has 2 heteroatoms. The van der Waals surface area contributed by atoms with E-state index in [4.69, 9.17) is 5.90 Å². The third kappa shape index (κ3) is 3.33. The average Bonchev–Trinajstić information content (AvgIpc) is 2.27. The lowest BCUT2D eigenvalue weighted by Crippen LogP contribution is -2.15. The fourth-order valence-corrected chi connectivity index (χ4v) is 1.50. The van der Waals surface area contributed by atoms with Gasteiger partial charge < -0.3 is 4.84 Å². The van der Waals surface area contributed by atoms with Crippen LogP contribution in [0.5, 0.6) is 0 Å². The molecule has 0 aliphatic carbocycles. The molecule has 0 atom stereocenters. The first kappa shape index (κ1) is 12.2. The maximum Gasteiger partial charge on any atom is 0.0719 e. The molecule has 0 radical (unpaired) electrons. The minimum absolute atomic E-state index is 0.267. The Hall–Kier alpha value is -0.860. The van der Waals surface area contributed by atoms with Gasteiger partial charge in [0.05, 0.1) is 6.61 Å². The minimum Gasteiger partial charge on any atom is -0.304 e. The Morgan fingerprint density at radius 1 is 1.20 bits per heavy atom. The highest BCUT2D eigenvalue weighted by molar-refractivity contribution is 5.28. The van der Waals surface area contributed by atoms with Gasteiger partial charge in [-0.25, -0.2) is 5.90 Å². The molecular weight excluding hydrogens is 186 g/mol. The summed E-state index contributed by atoms with van der Waals surface area (Å²) in [5.41, 5.74) is 2.93. The highest BCUT2D eigenvalue weighted by atomic mass is 16.6. The van der Waals surface area contributed by atoms with E-state index in [1.165, 1.54) is 11.1 Å². The molecule has 0 bridgehead atoms. The fourth-order valence-electron chi connectivity index (χ4n) is 1.50. The Bertz CT molecular complexity index is 290. The first-order valence-corrected chi connectivity index (χ1v) is 5.51. The quantitative estimate of drug-likeness (QED) is 0.753. The molecular formula is C13H21NO. The fraction of sp³-hybridized carbons (Fsp3) is 0.538. The van der Waals surface area contributed by atoms with Crippen LogP contribution in [0, 0.1) is 0 Å². The summed E-state index contributed by atoms with van der Waals surface area (Å²) in [6, 6.07) is 8.72. The molecule has 0 aromatic heterocycles. The van der Waals surface area contributed by atoms with Crippen molar-refractivity contribution < 1.29 is 4.84 Å². The summed E-state index contributed by atoms with van der Waals surface area (Å²) in [7, 11) is 0. The van der Waals surface area contributed by atoms with Crippen molar-refractivity contribution in [3.05, 3.63) is 35.4 Å². The van der Waals surface area contributed by atoms with Gasteiger partial charge in [-0.05, 0) is 29.4 Å². The van der Waals surface area contributed by atoms with Gasteiger partial charge in [0, 0.05) is 0 Å². The number of nitrogens with two attached hydrogens (primary N) is 1. The Balaban J connectivity index is 2.72. The molecule has 1 rings (SSSR count). The monoisotopic (exact) mass is 207 g/mol. The van der Waals surface area contributed by atoms with Gasteiger partial charge in [0.25, 0.3) is 0 Å². The molecule has 0 fully saturated rings. The summed E-state index contributed by atoms with van der Waals surface area (Å²) in [4.78, 5) is 4.56. The van der Waals surface area contributed by atoms with E-state index >= 15 is 0 Å². The van der Waals surface area contributed by atoms with Gasteiger partial charge in [-0.1, -0.05) is 45.0 Å². The topological polar surface area (TPSA) is 35.2 Å². The Kier molecular flexibility index (Phi) is 4.30. The maximum atomic E-state index is 5.00. The zero-order chi connectivity index (χ0) is 11.3. The Morgan fingerprint density at radius 3 is 2.27 bits per heavy atom. The normalized spacial score (nSPS) is 11.7. The van der Waals surface area contributed by atoms with Gasteiger partial charge in [0.15, 0.2) is 0 Å². The number of hydrogen-bond donors (Lipinski definition) is 1. The van der Waals surface area contributed by atoms with Crippen LogP contribution in [0.1, 0.15) is 38.3 Å². The van der Waals surface area contributed by atoms with E-state index in [-0.39, 0.29) is 5.41 Å². The average molecular weight is 207 g/mol. The van der Waals surface area contributed by atoms with Crippen LogP contribution in [0.4, 0.5) is 0 Å². The van der Waals surface area contributed by atoms with Crippen molar-refractivity contribution in [1.29, 1.82) is 0 Å². The molecule has 0 aliphatic heterocycles. The molecule has 0 amide bonds. The van der Waals surface area contributed by atoms with Crippen molar-refractivity contribution in [3.63, 3.8) is 0 Å². The molecule has 0 heterocycles. The number of benzene rings is 1. The van der Waals surface area contributed by atoms with Crippen LogP contribution in [0.3, 0.4) is 0 Å². The molecule has 0 spiro atoms. The van der Waals surface area contributed by atoms with Crippen molar-refractivity contribution in [2.24, 2.45) is 5.90 Å². The van der Waals surface area contributed by atoms with Crippen LogP contribution >= 0.6 is 0 Å². The molecule has 84 valence electrons. The van der Waals surface area contributed by atoms with E-state index in [1.807, 2.05) is 0 Å². The summed E-state index contributed by atoms with van der Waals surface area (Å²) in [5.74, 6) is 5.00. The lowest BCUT2D eigenvalue weighted by atomic mass is 9.82. The summed E-state index contributed by atoms with van der Waals surface area (Å²) >= 11 is 0. The lowest BCUT2D eigenvalue weighted by Gasteiger charge is -2.23. The van der Waals surface area contributed by atoms with E-state index in [9.17, 15) is 0 Å². The Labute approximate surface area is 92.4 Å². The van der Waals surface area contributed by atoms with Crippen molar-refractivity contribution >= 4 is 0 Å². The van der Waals surface area contributed by atoms with Crippen LogP contribution in [-0.4, -0.2) is 6.61 Å². The zero-order valence-corrected chi connectivity index (χ0v) is 9.92. The smallest absolute Gasteiger partial charge is 0.0719 e. The van der Waals surface area contributed by atoms with E-state index in [2.05, 4.69) is 49.9 Å². The highest BCUT2D eigenvalue weighted by Crippen LogP contribution is 2.26. The number of hydrogen-bond acceptors (Lipinski definition) is 2. The SMILES string of the molecule is CCC(C)(C)c1ccc(CCON)cc1. The van der Waals surface area contributed by atoms with Gasteiger partial charge in [-0.2, -0.15) is 0 Å². The first-order valence-electron chi connectivity index (χ1n) is 5.51. The molecule has 15 heavy (non-hydrogen) atoms. The summed E-state index contributed by atoms with van der Waals surface area (Å²) in [6.45, 7) is 7.34. The van der Waals surface area contributed by atoms with Crippen LogP contribution in [0.25, 0.3) is 0 Å². The van der Waals surface area contributed by atoms with Crippen LogP contribution in [0.2, 0.25) is 0 Å². The maximum absolute atomic E-state index is 5.00. The lowest BCUT2D eigenvalue weighted by molar-refractivity contribution is 0.141. The van der Waals surface area contributed by atoms with E-state index < -0.39 is 0 Å². The summed E-state index contributed by atoms with van der Waals surface area (Å²) in [5, 5.41) is 0. The van der Waals surface area contributed by atoms with Gasteiger partial charge in [0.1, 0.15) is 0 Å². The van der Waals surface area contributed by atoms with Gasteiger partial charge >= 0.3 is 0 Å². The van der Waals surface area contributed by atoms with Crippen LogP contribution in [0.15, 0.2) is 24.3 Å². The second-order valence-corrected chi connectivity index (χ2v) is 4.56. The van der Waals surface area contributed by atoms with Crippen molar-refractivity contribution in [2.75, 3.05) is 6.61 Å². The molecule has 2 N–H and O–H groups in total. The van der Waals surface area contributed by atoms with Crippen molar-refractivity contribution in [3.8, 4) is 0 Å². The van der Waals surface area contributed by atoms with Crippen LogP contribution < -0.4 is 5.90 Å². The number of rotatable bonds is 5. The largest absolute Gasteiger partial charge is 0.304 e. The van der Waals surface area contributed by atoms with Crippen molar-refractivity contribution in [1.82, 2.24) is 0 Å². The molecule has 0 saturated carbocycles. The molecule has 0 unspecified atom stereocenters. The van der Waals surface area contributed by atoms with Gasteiger partial charge in [-0.15, -0.1) is 0 Å². The third-order valence-corrected chi connectivity index (χ3v) is 3.13. The van der Waals surface area contributed by atoms with Crippen LogP contribution in [-0.2, 0) is 16.7 Å². The predicted molar refractivity (Wildman–Crippen MR) is 63.6 cm³/mol. The molecule has 1 aromatic rings. The predicted octanol–water partition coefficient (Wildman–Crippen LogP) is 2.81. The third-order valence-electron chi connectivity index (χ3n) is 3.13. The first-order chi connectivity index (χ1) is 7.10. The van der Waals surface area contributed by atoms with E-state index in [1.54, 1.807) is 0 Å². The van der Waals surface area contributed by atoms with Crippen molar-refractivity contribution in [2.45, 2.75) is 39.0 Å². The van der Waals surface area contributed by atoms with E-state index in [0.29, 0.717) is 6.61 Å². The van der Waals surface area contributed by atoms with Gasteiger partial charge in [-0.3, -0.25) is 0 Å². The summed E-state index contributed by atoms with van der Waals surface area (Å²) < 4.78 is 0. The second-order valence-electron chi connectivity index (χ2n) is 4.56. The van der Waals surface area contributed by atoms with Gasteiger partial charge in [0.2, 0.25) is 0 Å². The highest BCUT2D eigenvalue weighted by Gasteiger charge is 2.17. The molecule has 0 saturated heterocycles. The standard InChI is InChI=1S/C13H21NO/c1-4-13(2,3)12-7-5-11(6-8-12)9-10-15-14/h5-8H,4,9-10,14H2,1-3H3. The Morgan fingerprint density at radius 2 is 1.80 bits per heavy atom. The zero-order valence-electron chi connectivity index (χ0n) is 9.92. The van der Waals surface area contributed by atoms with E-state index in [0.717, 1.165) is 12.8 Å². The molecule has 2 nitrogen and oxygen atoms in total. The molecule has 1 aromatic carbocycles. The minimum atomic E-state index is 0.267. The molecule has 0 aliphatic rings. The summed E-state index contributed by atoms with van der Waals surface area (Å²) in [6.07, 6.45) is 2.03. The second kappa shape index (κ2) is 5.29.